The maximum Gasteiger partial charge on any atom is 0.414 e. The molecule has 2 aromatic carbocycles. The van der Waals surface area contributed by atoms with Crippen molar-refractivity contribution in [3.8, 4) is 0 Å². The Kier molecular flexibility index (Phi) is 4.51. The van der Waals surface area contributed by atoms with E-state index in [1.165, 1.54) is 5.56 Å². The van der Waals surface area contributed by atoms with E-state index in [4.69, 9.17) is 4.74 Å². The van der Waals surface area contributed by atoms with E-state index in [1.807, 2.05) is 25.1 Å². The number of hydrogen-bond acceptors (Lipinski definition) is 3. The molecular weight excluding hydrogens is 288 g/mol. The topological polar surface area (TPSA) is 41.6 Å². The van der Waals surface area contributed by atoms with E-state index >= 15 is 0 Å². The van der Waals surface area contributed by atoms with Gasteiger partial charge in [0, 0.05) is 12.2 Å². The number of amides is 1. The molecule has 4 nitrogen and oxygen atoms in total. The summed E-state index contributed by atoms with van der Waals surface area (Å²) in [7, 11) is 0. The molecule has 1 amide bonds. The molecule has 23 heavy (non-hydrogen) atoms. The third-order valence-electron chi connectivity index (χ3n) is 4.32. The van der Waals surface area contributed by atoms with Gasteiger partial charge in [-0.25, -0.2) is 4.79 Å². The molecule has 1 saturated heterocycles. The van der Waals surface area contributed by atoms with Gasteiger partial charge in [-0.05, 0) is 36.1 Å². The van der Waals surface area contributed by atoms with Gasteiger partial charge in [0.2, 0.25) is 0 Å². The summed E-state index contributed by atoms with van der Waals surface area (Å²) in [6, 6.07) is 16.5. The molecule has 1 heterocycles. The number of anilines is 2. The van der Waals surface area contributed by atoms with Gasteiger partial charge in [-0.3, -0.25) is 4.90 Å². The average Bonchev–Trinajstić information content (AvgIpc) is 3.00. The Morgan fingerprint density at radius 2 is 1.96 bits per heavy atom. The molecule has 3 rings (SSSR count). The van der Waals surface area contributed by atoms with Gasteiger partial charge >= 0.3 is 6.09 Å². The SMILES string of the molecule is Cc1c(NCC(C)c2ccccc2)cccc1N1CCOC1=O. The zero-order chi connectivity index (χ0) is 16.2. The van der Waals surface area contributed by atoms with Crippen LogP contribution in [-0.4, -0.2) is 25.8 Å². The van der Waals surface area contributed by atoms with E-state index in [2.05, 4.69) is 42.6 Å². The van der Waals surface area contributed by atoms with Gasteiger partial charge in [-0.1, -0.05) is 43.3 Å². The fourth-order valence-corrected chi connectivity index (χ4v) is 2.88. The van der Waals surface area contributed by atoms with Crippen molar-refractivity contribution in [2.24, 2.45) is 0 Å². The Labute approximate surface area is 137 Å². The van der Waals surface area contributed by atoms with Crippen LogP contribution in [0.1, 0.15) is 24.0 Å². The van der Waals surface area contributed by atoms with Gasteiger partial charge in [0.15, 0.2) is 0 Å². The Hall–Kier alpha value is -2.49. The quantitative estimate of drug-likeness (QED) is 0.901. The summed E-state index contributed by atoms with van der Waals surface area (Å²) in [5.74, 6) is 0.413. The first-order valence-corrected chi connectivity index (χ1v) is 7.99. The van der Waals surface area contributed by atoms with Crippen LogP contribution in [0.15, 0.2) is 48.5 Å². The third kappa shape index (κ3) is 3.31. The molecule has 1 unspecified atom stereocenters. The lowest BCUT2D eigenvalue weighted by Gasteiger charge is -2.20. The number of hydrogen-bond donors (Lipinski definition) is 1. The van der Waals surface area contributed by atoms with Crippen LogP contribution in [0.5, 0.6) is 0 Å². The summed E-state index contributed by atoms with van der Waals surface area (Å²) in [5.41, 5.74) is 4.37. The first-order valence-electron chi connectivity index (χ1n) is 7.99. The Balaban J connectivity index is 1.72. The van der Waals surface area contributed by atoms with E-state index in [0.29, 0.717) is 19.1 Å². The highest BCUT2D eigenvalue weighted by Crippen LogP contribution is 2.29. The molecule has 2 aromatic rings. The largest absolute Gasteiger partial charge is 0.447 e. The van der Waals surface area contributed by atoms with Crippen molar-refractivity contribution in [3.05, 3.63) is 59.7 Å². The molecule has 1 aliphatic heterocycles. The van der Waals surface area contributed by atoms with Gasteiger partial charge < -0.3 is 10.1 Å². The second-order valence-electron chi connectivity index (χ2n) is 5.91. The minimum Gasteiger partial charge on any atom is -0.447 e. The molecule has 1 fully saturated rings. The number of nitrogens with one attached hydrogen (secondary N) is 1. The molecule has 1 atom stereocenters. The predicted octanol–water partition coefficient (Wildman–Crippen LogP) is 4.17. The lowest BCUT2D eigenvalue weighted by molar-refractivity contribution is 0.181. The van der Waals surface area contributed by atoms with Gasteiger partial charge in [-0.2, -0.15) is 0 Å². The van der Waals surface area contributed by atoms with Crippen LogP contribution in [0.25, 0.3) is 0 Å². The normalized spacial score (nSPS) is 15.4. The zero-order valence-electron chi connectivity index (χ0n) is 13.6. The molecule has 0 aromatic heterocycles. The molecule has 0 aliphatic carbocycles. The molecule has 0 radical (unpaired) electrons. The molecule has 1 N–H and O–H groups in total. The Bertz CT molecular complexity index is 685. The van der Waals surface area contributed by atoms with Crippen LogP contribution in [0.3, 0.4) is 0 Å². The second kappa shape index (κ2) is 6.73. The minimum atomic E-state index is -0.261. The fourth-order valence-electron chi connectivity index (χ4n) is 2.88. The van der Waals surface area contributed by atoms with Gasteiger partial charge in [0.1, 0.15) is 6.61 Å². The number of rotatable bonds is 5. The van der Waals surface area contributed by atoms with Crippen LogP contribution < -0.4 is 10.2 Å². The number of carbonyl (C=O) groups excluding carboxylic acids is 1. The molecule has 4 heteroatoms. The third-order valence-corrected chi connectivity index (χ3v) is 4.32. The highest BCUT2D eigenvalue weighted by Gasteiger charge is 2.25. The van der Waals surface area contributed by atoms with Crippen LogP contribution >= 0.6 is 0 Å². The van der Waals surface area contributed by atoms with E-state index in [9.17, 15) is 4.79 Å². The van der Waals surface area contributed by atoms with Gasteiger partial charge in [0.25, 0.3) is 0 Å². The van der Waals surface area contributed by atoms with Gasteiger partial charge in [0.05, 0.1) is 12.2 Å². The monoisotopic (exact) mass is 310 g/mol. The van der Waals surface area contributed by atoms with E-state index < -0.39 is 0 Å². The van der Waals surface area contributed by atoms with Gasteiger partial charge in [-0.15, -0.1) is 0 Å². The average molecular weight is 310 g/mol. The van der Waals surface area contributed by atoms with Crippen molar-refractivity contribution in [2.75, 3.05) is 29.9 Å². The summed E-state index contributed by atoms with van der Waals surface area (Å²) in [6.45, 7) is 6.17. The fraction of sp³-hybridized carbons (Fsp3) is 0.316. The van der Waals surface area contributed by atoms with Crippen LogP contribution in [0, 0.1) is 6.92 Å². The lowest BCUT2D eigenvalue weighted by atomic mass is 10.0. The molecule has 1 aliphatic rings. The van der Waals surface area contributed by atoms with Crippen molar-refractivity contribution < 1.29 is 9.53 Å². The molecule has 0 saturated carbocycles. The van der Waals surface area contributed by atoms with Crippen LogP contribution in [-0.2, 0) is 4.74 Å². The maximum atomic E-state index is 11.8. The predicted molar refractivity (Wildman–Crippen MR) is 93.2 cm³/mol. The second-order valence-corrected chi connectivity index (χ2v) is 5.91. The van der Waals surface area contributed by atoms with Crippen molar-refractivity contribution in [3.63, 3.8) is 0 Å². The highest BCUT2D eigenvalue weighted by atomic mass is 16.6. The summed E-state index contributed by atoms with van der Waals surface area (Å²) >= 11 is 0. The van der Waals surface area contributed by atoms with Crippen molar-refractivity contribution >= 4 is 17.5 Å². The molecular formula is C19H22N2O2. The number of carbonyl (C=O) groups is 1. The smallest absolute Gasteiger partial charge is 0.414 e. The first-order chi connectivity index (χ1) is 11.2. The Morgan fingerprint density at radius 1 is 1.17 bits per heavy atom. The number of nitrogens with zero attached hydrogens (tertiary/aromatic N) is 1. The van der Waals surface area contributed by atoms with Crippen LogP contribution in [0.4, 0.5) is 16.2 Å². The first kappa shape index (κ1) is 15.4. The van der Waals surface area contributed by atoms with Crippen molar-refractivity contribution in [2.45, 2.75) is 19.8 Å². The van der Waals surface area contributed by atoms with E-state index in [-0.39, 0.29) is 6.09 Å². The summed E-state index contributed by atoms with van der Waals surface area (Å²) in [4.78, 5) is 13.5. The summed E-state index contributed by atoms with van der Waals surface area (Å²) in [5, 5.41) is 3.51. The summed E-state index contributed by atoms with van der Waals surface area (Å²) in [6.07, 6.45) is -0.261. The number of ether oxygens (including phenoxy) is 1. The van der Waals surface area contributed by atoms with E-state index in [1.54, 1.807) is 4.90 Å². The van der Waals surface area contributed by atoms with Crippen molar-refractivity contribution in [1.82, 2.24) is 0 Å². The van der Waals surface area contributed by atoms with Crippen LogP contribution in [0.2, 0.25) is 0 Å². The van der Waals surface area contributed by atoms with E-state index in [0.717, 1.165) is 23.5 Å². The highest BCUT2D eigenvalue weighted by molar-refractivity contribution is 5.91. The standard InChI is InChI=1S/C19H22N2O2/c1-14(16-7-4-3-5-8-16)13-20-17-9-6-10-18(15(17)2)21-11-12-23-19(21)22/h3-10,14,20H,11-13H2,1-2H3. The lowest BCUT2D eigenvalue weighted by Crippen LogP contribution is -2.24. The number of cyclic esters (lactones) is 1. The minimum absolute atomic E-state index is 0.261. The molecule has 0 bridgehead atoms. The molecule has 0 spiro atoms. The summed E-state index contributed by atoms with van der Waals surface area (Å²) < 4.78 is 5.04. The maximum absolute atomic E-state index is 11.8. The zero-order valence-corrected chi connectivity index (χ0v) is 13.6. The number of benzene rings is 2. The molecule has 120 valence electrons. The van der Waals surface area contributed by atoms with Crippen molar-refractivity contribution in [1.29, 1.82) is 0 Å². The Morgan fingerprint density at radius 3 is 2.65 bits per heavy atom.